The largest absolute Gasteiger partial charge is 0.351 e. The summed E-state index contributed by atoms with van der Waals surface area (Å²) in [6, 6.07) is 19.5. The number of likely N-dealkylation sites (N-methyl/N-ethyl adjacent to an activating group) is 1. The van der Waals surface area contributed by atoms with Crippen molar-refractivity contribution in [1.82, 2.24) is 19.8 Å². The van der Waals surface area contributed by atoms with E-state index in [0.717, 1.165) is 11.1 Å². The van der Waals surface area contributed by atoms with Gasteiger partial charge in [-0.25, -0.2) is 4.98 Å². The molecule has 0 radical (unpaired) electrons. The fourth-order valence-corrected chi connectivity index (χ4v) is 4.26. The molecule has 0 unspecified atom stereocenters. The van der Waals surface area contributed by atoms with Crippen molar-refractivity contribution in [2.45, 2.75) is 26.2 Å². The lowest BCUT2D eigenvalue weighted by atomic mass is 9.85. The predicted octanol–water partition coefficient (Wildman–Crippen LogP) is 4.04. The molecule has 9 heteroatoms. The summed E-state index contributed by atoms with van der Waals surface area (Å²) in [6.07, 6.45) is 1.41. The van der Waals surface area contributed by atoms with Crippen LogP contribution in [0.5, 0.6) is 0 Å². The van der Waals surface area contributed by atoms with Crippen LogP contribution in [0.15, 0.2) is 71.8 Å². The summed E-state index contributed by atoms with van der Waals surface area (Å²) in [5.74, 6) is -0.625. The molecule has 2 amide bonds. The highest BCUT2D eigenvalue weighted by Gasteiger charge is 2.21. The molecule has 0 fully saturated rings. The monoisotopic (exact) mass is 536 g/mol. The molecule has 1 heterocycles. The van der Waals surface area contributed by atoms with Gasteiger partial charge in [0.1, 0.15) is 6.33 Å². The number of aromatic nitrogens is 2. The number of anilines is 1. The van der Waals surface area contributed by atoms with Gasteiger partial charge in [-0.3, -0.25) is 19.0 Å². The SMILES string of the molecule is Cc1ccc(NC(=O)c2cccc(C(C)(C)C#N)c2)cc1-n1cnc2c(C(=O)NCCN(C)C)cccc2c1=O. The van der Waals surface area contributed by atoms with Gasteiger partial charge in [0.05, 0.1) is 33.6 Å². The molecule has 0 aliphatic heterocycles. The van der Waals surface area contributed by atoms with E-state index >= 15 is 0 Å². The minimum Gasteiger partial charge on any atom is -0.351 e. The van der Waals surface area contributed by atoms with E-state index in [-0.39, 0.29) is 17.4 Å². The summed E-state index contributed by atoms with van der Waals surface area (Å²) in [5.41, 5.74) is 2.62. The van der Waals surface area contributed by atoms with E-state index in [2.05, 4.69) is 21.7 Å². The van der Waals surface area contributed by atoms with Crippen LogP contribution in [-0.2, 0) is 5.41 Å². The maximum atomic E-state index is 13.5. The van der Waals surface area contributed by atoms with Crippen molar-refractivity contribution in [2.75, 3.05) is 32.5 Å². The molecule has 0 atom stereocenters. The molecular formula is C31H32N6O3. The van der Waals surface area contributed by atoms with E-state index in [0.29, 0.717) is 46.5 Å². The van der Waals surface area contributed by atoms with Gasteiger partial charge in [0, 0.05) is 24.3 Å². The van der Waals surface area contributed by atoms with Crippen LogP contribution in [0.2, 0.25) is 0 Å². The third kappa shape index (κ3) is 5.92. The second-order valence-corrected chi connectivity index (χ2v) is 10.5. The predicted molar refractivity (Wildman–Crippen MR) is 156 cm³/mol. The Morgan fingerprint density at radius 2 is 1.80 bits per heavy atom. The lowest BCUT2D eigenvalue weighted by molar-refractivity contribution is 0.0951. The molecule has 0 saturated carbocycles. The average molecular weight is 537 g/mol. The van der Waals surface area contributed by atoms with Gasteiger partial charge in [0.25, 0.3) is 17.4 Å². The topological polar surface area (TPSA) is 120 Å². The first-order valence-electron chi connectivity index (χ1n) is 12.9. The van der Waals surface area contributed by atoms with Crippen molar-refractivity contribution in [1.29, 1.82) is 5.26 Å². The second kappa shape index (κ2) is 11.5. The molecule has 0 spiro atoms. The molecule has 1 aromatic heterocycles. The molecule has 3 aromatic carbocycles. The summed E-state index contributed by atoms with van der Waals surface area (Å²) in [6.45, 7) is 6.61. The van der Waals surface area contributed by atoms with Crippen LogP contribution < -0.4 is 16.2 Å². The number of nitrogens with zero attached hydrogens (tertiary/aromatic N) is 4. The Bertz CT molecular complexity index is 1700. The van der Waals surface area contributed by atoms with Crippen molar-refractivity contribution in [3.8, 4) is 11.8 Å². The van der Waals surface area contributed by atoms with Crippen molar-refractivity contribution >= 4 is 28.4 Å². The number of para-hydroxylation sites is 1. The third-order valence-corrected chi connectivity index (χ3v) is 6.73. The number of benzene rings is 3. The molecule has 0 bridgehead atoms. The Hall–Kier alpha value is -4.81. The molecule has 2 N–H and O–H groups in total. The number of rotatable bonds is 8. The van der Waals surface area contributed by atoms with Crippen LogP contribution in [-0.4, -0.2) is 53.5 Å². The average Bonchev–Trinajstić information content (AvgIpc) is 2.94. The molecule has 9 nitrogen and oxygen atoms in total. The number of nitrogens with one attached hydrogen (secondary N) is 2. The molecule has 4 rings (SSSR count). The lowest BCUT2D eigenvalue weighted by Gasteiger charge is -2.17. The van der Waals surface area contributed by atoms with Gasteiger partial charge in [-0.1, -0.05) is 24.3 Å². The molecule has 0 saturated heterocycles. The Labute approximate surface area is 233 Å². The summed E-state index contributed by atoms with van der Waals surface area (Å²) in [5, 5.41) is 15.5. The first-order valence-corrected chi connectivity index (χ1v) is 12.9. The number of hydrogen-bond donors (Lipinski definition) is 2. The van der Waals surface area contributed by atoms with Crippen LogP contribution in [0.1, 0.15) is 45.7 Å². The maximum absolute atomic E-state index is 13.5. The number of aryl methyl sites for hydroxylation is 1. The van der Waals surface area contributed by atoms with Gasteiger partial charge in [-0.2, -0.15) is 5.26 Å². The Morgan fingerprint density at radius 1 is 1.05 bits per heavy atom. The first kappa shape index (κ1) is 28.2. The Balaban J connectivity index is 1.65. The number of nitriles is 1. The van der Waals surface area contributed by atoms with E-state index in [1.807, 2.05) is 38.1 Å². The standard InChI is InChI=1S/C31H32N6O3/c1-20-12-13-23(35-28(38)21-8-6-9-22(16-21)31(2,3)18-32)17-26(20)37-19-34-27-24(10-7-11-25(27)30(37)40)29(39)33-14-15-36(4)5/h6-13,16-17,19H,14-15H2,1-5H3,(H,33,39)(H,35,38). The zero-order valence-electron chi connectivity index (χ0n) is 23.3. The summed E-state index contributed by atoms with van der Waals surface area (Å²) >= 11 is 0. The van der Waals surface area contributed by atoms with Crippen LogP contribution in [0.4, 0.5) is 5.69 Å². The summed E-state index contributed by atoms with van der Waals surface area (Å²) < 4.78 is 1.41. The highest BCUT2D eigenvalue weighted by Crippen LogP contribution is 2.24. The van der Waals surface area contributed by atoms with E-state index < -0.39 is 5.41 Å². The lowest BCUT2D eigenvalue weighted by Crippen LogP contribution is -2.31. The number of fused-ring (bicyclic) bond motifs is 1. The van der Waals surface area contributed by atoms with Crippen molar-refractivity contribution in [2.24, 2.45) is 0 Å². The van der Waals surface area contributed by atoms with Gasteiger partial charge in [-0.05, 0) is 82.4 Å². The minimum absolute atomic E-state index is 0.291. The third-order valence-electron chi connectivity index (χ3n) is 6.73. The van der Waals surface area contributed by atoms with Gasteiger partial charge in [0.15, 0.2) is 0 Å². The maximum Gasteiger partial charge on any atom is 0.265 e. The fourth-order valence-electron chi connectivity index (χ4n) is 4.26. The highest BCUT2D eigenvalue weighted by molar-refractivity contribution is 6.05. The minimum atomic E-state index is -0.732. The molecular weight excluding hydrogens is 504 g/mol. The van der Waals surface area contributed by atoms with E-state index in [9.17, 15) is 19.6 Å². The van der Waals surface area contributed by atoms with Gasteiger partial charge in [-0.15, -0.1) is 0 Å². The number of carbonyl (C=O) groups excluding carboxylic acids is 2. The number of carbonyl (C=O) groups is 2. The fraction of sp³-hybridized carbons (Fsp3) is 0.258. The molecule has 0 aliphatic carbocycles. The van der Waals surface area contributed by atoms with Crippen molar-refractivity contribution < 1.29 is 9.59 Å². The van der Waals surface area contributed by atoms with E-state index in [1.165, 1.54) is 10.9 Å². The summed E-state index contributed by atoms with van der Waals surface area (Å²) in [7, 11) is 3.84. The van der Waals surface area contributed by atoms with Gasteiger partial charge >= 0.3 is 0 Å². The van der Waals surface area contributed by atoms with Crippen molar-refractivity contribution in [3.05, 3.63) is 99.6 Å². The zero-order chi connectivity index (χ0) is 29.0. The molecule has 40 heavy (non-hydrogen) atoms. The first-order chi connectivity index (χ1) is 19.0. The Kier molecular flexibility index (Phi) is 8.12. The van der Waals surface area contributed by atoms with Crippen LogP contribution in [0, 0.1) is 18.3 Å². The zero-order valence-corrected chi connectivity index (χ0v) is 23.3. The molecule has 204 valence electrons. The van der Waals surface area contributed by atoms with Crippen LogP contribution in [0.25, 0.3) is 16.6 Å². The van der Waals surface area contributed by atoms with Crippen LogP contribution >= 0.6 is 0 Å². The Morgan fingerprint density at radius 3 is 2.52 bits per heavy atom. The quantitative estimate of drug-likeness (QED) is 0.351. The van der Waals surface area contributed by atoms with Crippen LogP contribution in [0.3, 0.4) is 0 Å². The smallest absolute Gasteiger partial charge is 0.265 e. The van der Waals surface area contributed by atoms with Gasteiger partial charge in [0.2, 0.25) is 0 Å². The molecule has 0 aliphatic rings. The van der Waals surface area contributed by atoms with Gasteiger partial charge < -0.3 is 15.5 Å². The van der Waals surface area contributed by atoms with E-state index in [4.69, 9.17) is 0 Å². The summed E-state index contributed by atoms with van der Waals surface area (Å²) in [4.78, 5) is 45.8. The normalized spacial score (nSPS) is 11.3. The molecule has 4 aromatic rings. The highest BCUT2D eigenvalue weighted by atomic mass is 16.2. The second-order valence-electron chi connectivity index (χ2n) is 10.5. The van der Waals surface area contributed by atoms with Crippen molar-refractivity contribution in [3.63, 3.8) is 0 Å². The van der Waals surface area contributed by atoms with E-state index in [1.54, 1.807) is 62.4 Å². The number of hydrogen-bond acceptors (Lipinski definition) is 6. The number of amides is 2.